The van der Waals surface area contributed by atoms with Crippen molar-refractivity contribution in [1.29, 1.82) is 0 Å². The van der Waals surface area contributed by atoms with E-state index in [1.807, 2.05) is 37.6 Å². The molecule has 26 heavy (non-hydrogen) atoms. The lowest BCUT2D eigenvalue weighted by molar-refractivity contribution is 0.0603. The summed E-state index contributed by atoms with van der Waals surface area (Å²) in [6.45, 7) is 8.11. The summed E-state index contributed by atoms with van der Waals surface area (Å²) in [5.41, 5.74) is 0.839. The number of hydrogen-bond donors (Lipinski definition) is 2. The number of amides is 1. The van der Waals surface area contributed by atoms with Gasteiger partial charge in [-0.1, -0.05) is 20.8 Å². The third-order valence-corrected chi connectivity index (χ3v) is 5.03. The van der Waals surface area contributed by atoms with Gasteiger partial charge in [0.15, 0.2) is 11.3 Å². The standard InChI is InChI=1S/C19H28N4O3/c1-19(2,3)15(12-24)21-18(25)16-14-5-4-8-20-17(14)23(22-16)11-13-6-9-26-10-7-13/h4-5,8,13,15,24H,6-7,9-12H2,1-3H3,(H,21,25)/t15-/m1/s1. The topological polar surface area (TPSA) is 89.3 Å². The number of aromatic nitrogens is 3. The lowest BCUT2D eigenvalue weighted by atomic mass is 9.87. The zero-order chi connectivity index (χ0) is 18.7. The van der Waals surface area contributed by atoms with Crippen molar-refractivity contribution in [2.24, 2.45) is 11.3 Å². The van der Waals surface area contributed by atoms with Gasteiger partial charge < -0.3 is 15.2 Å². The van der Waals surface area contributed by atoms with Crippen LogP contribution in [0.2, 0.25) is 0 Å². The van der Waals surface area contributed by atoms with Crippen LogP contribution in [0.15, 0.2) is 18.3 Å². The van der Waals surface area contributed by atoms with Gasteiger partial charge >= 0.3 is 0 Å². The van der Waals surface area contributed by atoms with E-state index >= 15 is 0 Å². The predicted octanol–water partition coefficient (Wildman–Crippen LogP) is 1.99. The number of nitrogens with one attached hydrogen (secondary N) is 1. The van der Waals surface area contributed by atoms with Crippen molar-refractivity contribution in [2.45, 2.75) is 46.2 Å². The van der Waals surface area contributed by atoms with Crippen LogP contribution >= 0.6 is 0 Å². The van der Waals surface area contributed by atoms with E-state index in [1.165, 1.54) is 0 Å². The fourth-order valence-corrected chi connectivity index (χ4v) is 3.24. The molecule has 7 nitrogen and oxygen atoms in total. The zero-order valence-electron chi connectivity index (χ0n) is 15.7. The molecule has 0 spiro atoms. The molecule has 1 saturated heterocycles. The average molecular weight is 360 g/mol. The first-order chi connectivity index (χ1) is 12.4. The second-order valence-electron chi connectivity index (χ2n) is 8.04. The molecule has 0 saturated carbocycles. The van der Waals surface area contributed by atoms with Crippen LogP contribution in [0.25, 0.3) is 11.0 Å². The Bertz CT molecular complexity index is 760. The van der Waals surface area contributed by atoms with Crippen molar-refractivity contribution in [3.05, 3.63) is 24.0 Å². The number of pyridine rings is 1. The van der Waals surface area contributed by atoms with E-state index in [-0.39, 0.29) is 24.0 Å². The van der Waals surface area contributed by atoms with Gasteiger partial charge in [0.1, 0.15) is 0 Å². The third-order valence-electron chi connectivity index (χ3n) is 5.03. The molecule has 1 amide bonds. The van der Waals surface area contributed by atoms with Gasteiger partial charge in [-0.15, -0.1) is 0 Å². The lowest BCUT2D eigenvalue weighted by Gasteiger charge is -2.29. The second-order valence-corrected chi connectivity index (χ2v) is 8.04. The van der Waals surface area contributed by atoms with Gasteiger partial charge in [0, 0.05) is 26.0 Å². The van der Waals surface area contributed by atoms with Crippen molar-refractivity contribution >= 4 is 16.9 Å². The number of aliphatic hydroxyl groups is 1. The van der Waals surface area contributed by atoms with Crippen LogP contribution in [0, 0.1) is 11.3 Å². The van der Waals surface area contributed by atoms with E-state index in [0.29, 0.717) is 11.6 Å². The summed E-state index contributed by atoms with van der Waals surface area (Å²) < 4.78 is 7.26. The third kappa shape index (κ3) is 4.04. The summed E-state index contributed by atoms with van der Waals surface area (Å²) in [6, 6.07) is 3.34. The summed E-state index contributed by atoms with van der Waals surface area (Å²) in [5.74, 6) is 0.201. The van der Waals surface area contributed by atoms with Crippen LogP contribution in [-0.4, -0.2) is 51.6 Å². The number of nitrogens with zero attached hydrogens (tertiary/aromatic N) is 3. The van der Waals surface area contributed by atoms with Crippen LogP contribution in [0.4, 0.5) is 0 Å². The van der Waals surface area contributed by atoms with Gasteiger partial charge in [-0.05, 0) is 36.3 Å². The quantitative estimate of drug-likeness (QED) is 0.851. The molecule has 0 aromatic carbocycles. The van der Waals surface area contributed by atoms with E-state index in [1.54, 1.807) is 6.20 Å². The molecule has 1 fully saturated rings. The highest BCUT2D eigenvalue weighted by atomic mass is 16.5. The maximum Gasteiger partial charge on any atom is 0.272 e. The first-order valence-electron chi connectivity index (χ1n) is 9.21. The Balaban J connectivity index is 1.87. The zero-order valence-corrected chi connectivity index (χ0v) is 15.7. The first kappa shape index (κ1) is 18.8. The number of carbonyl (C=O) groups excluding carboxylic acids is 1. The molecule has 2 aromatic heterocycles. The number of rotatable bonds is 5. The maximum absolute atomic E-state index is 12.8. The Morgan fingerprint density at radius 2 is 2.15 bits per heavy atom. The van der Waals surface area contributed by atoms with Crippen LogP contribution in [-0.2, 0) is 11.3 Å². The van der Waals surface area contributed by atoms with Gasteiger partial charge in [0.05, 0.1) is 18.0 Å². The largest absolute Gasteiger partial charge is 0.394 e. The Labute approximate surface area is 153 Å². The SMILES string of the molecule is CC(C)(C)[C@@H](CO)NC(=O)c1nn(CC2CCOCC2)c2ncccc12. The fourth-order valence-electron chi connectivity index (χ4n) is 3.24. The highest BCUT2D eigenvalue weighted by Crippen LogP contribution is 2.23. The smallest absolute Gasteiger partial charge is 0.272 e. The molecule has 1 aliphatic heterocycles. The molecule has 142 valence electrons. The number of aliphatic hydroxyl groups excluding tert-OH is 1. The number of hydrogen-bond acceptors (Lipinski definition) is 5. The van der Waals surface area contributed by atoms with Crippen LogP contribution in [0.1, 0.15) is 44.1 Å². The summed E-state index contributed by atoms with van der Waals surface area (Å²) in [4.78, 5) is 17.3. The molecule has 3 heterocycles. The van der Waals surface area contributed by atoms with Crippen molar-refractivity contribution in [3.63, 3.8) is 0 Å². The minimum absolute atomic E-state index is 0.117. The van der Waals surface area contributed by atoms with E-state index < -0.39 is 0 Å². The summed E-state index contributed by atoms with van der Waals surface area (Å²) in [6.07, 6.45) is 3.70. The van der Waals surface area contributed by atoms with Gasteiger partial charge in [-0.2, -0.15) is 5.10 Å². The van der Waals surface area contributed by atoms with Crippen molar-refractivity contribution < 1.29 is 14.6 Å². The van der Waals surface area contributed by atoms with Gasteiger partial charge in [0.25, 0.3) is 5.91 Å². The molecular formula is C19H28N4O3. The van der Waals surface area contributed by atoms with E-state index in [9.17, 15) is 9.90 Å². The Morgan fingerprint density at radius 3 is 2.81 bits per heavy atom. The highest BCUT2D eigenvalue weighted by molar-refractivity contribution is 6.04. The maximum atomic E-state index is 12.8. The van der Waals surface area contributed by atoms with Crippen LogP contribution in [0.3, 0.4) is 0 Å². The summed E-state index contributed by atoms with van der Waals surface area (Å²) >= 11 is 0. The van der Waals surface area contributed by atoms with Gasteiger partial charge in [-0.25, -0.2) is 9.67 Å². The van der Waals surface area contributed by atoms with E-state index in [2.05, 4.69) is 15.4 Å². The Hall–Kier alpha value is -1.99. The Kier molecular flexibility index (Phi) is 5.58. The molecule has 0 aliphatic carbocycles. The lowest BCUT2D eigenvalue weighted by Crippen LogP contribution is -2.46. The van der Waals surface area contributed by atoms with E-state index in [0.717, 1.165) is 43.6 Å². The number of fused-ring (bicyclic) bond motifs is 1. The van der Waals surface area contributed by atoms with Crippen molar-refractivity contribution in [2.75, 3.05) is 19.8 Å². The minimum Gasteiger partial charge on any atom is -0.394 e. The molecule has 2 aromatic rings. The second kappa shape index (κ2) is 7.72. The molecule has 0 unspecified atom stereocenters. The molecule has 2 N–H and O–H groups in total. The van der Waals surface area contributed by atoms with Crippen LogP contribution < -0.4 is 5.32 Å². The minimum atomic E-state index is -0.345. The number of carbonyl (C=O) groups is 1. The average Bonchev–Trinajstić information content (AvgIpc) is 2.98. The number of ether oxygens (including phenoxy) is 1. The first-order valence-corrected chi connectivity index (χ1v) is 9.21. The van der Waals surface area contributed by atoms with Crippen LogP contribution in [0.5, 0.6) is 0 Å². The molecule has 1 aliphatic rings. The van der Waals surface area contributed by atoms with E-state index in [4.69, 9.17) is 4.74 Å². The van der Waals surface area contributed by atoms with Crippen molar-refractivity contribution in [3.8, 4) is 0 Å². The molecule has 3 rings (SSSR count). The molecule has 1 atom stereocenters. The molecular weight excluding hydrogens is 332 g/mol. The monoisotopic (exact) mass is 360 g/mol. The predicted molar refractivity (Wildman–Crippen MR) is 98.9 cm³/mol. The highest BCUT2D eigenvalue weighted by Gasteiger charge is 2.28. The molecule has 0 radical (unpaired) electrons. The summed E-state index contributed by atoms with van der Waals surface area (Å²) in [7, 11) is 0. The summed E-state index contributed by atoms with van der Waals surface area (Å²) in [5, 5.41) is 17.9. The van der Waals surface area contributed by atoms with Gasteiger partial charge in [-0.3, -0.25) is 4.79 Å². The molecule has 0 bridgehead atoms. The fraction of sp³-hybridized carbons (Fsp3) is 0.632. The molecule has 7 heteroatoms. The Morgan fingerprint density at radius 1 is 1.42 bits per heavy atom. The normalized spacial score (nSPS) is 17.4. The van der Waals surface area contributed by atoms with Gasteiger partial charge in [0.2, 0.25) is 0 Å². The van der Waals surface area contributed by atoms with Crippen molar-refractivity contribution in [1.82, 2.24) is 20.1 Å².